The molecule has 1 fully saturated rings. The van der Waals surface area contributed by atoms with Gasteiger partial charge in [-0.15, -0.1) is 24.0 Å². The fourth-order valence-corrected chi connectivity index (χ4v) is 2.89. The van der Waals surface area contributed by atoms with Crippen molar-refractivity contribution in [2.24, 2.45) is 4.99 Å². The number of guanidine groups is 1. The molecular weight excluding hydrogens is 474 g/mol. The zero-order valence-corrected chi connectivity index (χ0v) is 18.2. The lowest BCUT2D eigenvalue weighted by atomic mass is 10.2. The average Bonchev–Trinajstić information content (AvgIpc) is 2.98. The van der Waals surface area contributed by atoms with Gasteiger partial charge in [0.2, 0.25) is 0 Å². The van der Waals surface area contributed by atoms with E-state index in [0.717, 1.165) is 56.7 Å². The van der Waals surface area contributed by atoms with Crippen molar-refractivity contribution in [1.82, 2.24) is 20.3 Å². The van der Waals surface area contributed by atoms with Gasteiger partial charge >= 0.3 is 6.18 Å². The summed E-state index contributed by atoms with van der Waals surface area (Å²) in [5.41, 5.74) is 0.932. The van der Waals surface area contributed by atoms with Gasteiger partial charge in [0.15, 0.2) is 5.96 Å². The van der Waals surface area contributed by atoms with Crippen LogP contribution in [0.2, 0.25) is 0 Å². The number of aryl methyl sites for hydroxylation is 1. The molecule has 1 saturated heterocycles. The molecule has 0 spiro atoms. The van der Waals surface area contributed by atoms with E-state index in [1.54, 1.807) is 0 Å². The molecule has 0 unspecified atom stereocenters. The van der Waals surface area contributed by atoms with Crippen LogP contribution in [0.3, 0.4) is 0 Å². The van der Waals surface area contributed by atoms with E-state index in [4.69, 9.17) is 4.52 Å². The number of hydrogen-bond donors (Lipinski definition) is 1. The van der Waals surface area contributed by atoms with Crippen LogP contribution in [0.15, 0.2) is 15.6 Å². The summed E-state index contributed by atoms with van der Waals surface area (Å²) in [6, 6.07) is 1.94. The van der Waals surface area contributed by atoms with Crippen LogP contribution in [-0.2, 0) is 6.54 Å². The van der Waals surface area contributed by atoms with Crippen LogP contribution in [0.5, 0.6) is 0 Å². The van der Waals surface area contributed by atoms with Crippen molar-refractivity contribution in [3.8, 4) is 0 Å². The fourth-order valence-electron chi connectivity index (χ4n) is 2.89. The van der Waals surface area contributed by atoms with Gasteiger partial charge in [0.25, 0.3) is 0 Å². The predicted molar refractivity (Wildman–Crippen MR) is 109 cm³/mol. The molecule has 10 heteroatoms. The van der Waals surface area contributed by atoms with E-state index in [9.17, 15) is 13.2 Å². The second kappa shape index (κ2) is 11.7. The molecule has 27 heavy (non-hydrogen) atoms. The smallest absolute Gasteiger partial charge is 0.361 e. The van der Waals surface area contributed by atoms with Gasteiger partial charge in [-0.05, 0) is 26.7 Å². The minimum Gasteiger partial charge on any atom is -0.361 e. The topological polar surface area (TPSA) is 56.9 Å². The first kappa shape index (κ1) is 24.0. The second-order valence-electron chi connectivity index (χ2n) is 6.50. The van der Waals surface area contributed by atoms with Gasteiger partial charge in [0.1, 0.15) is 5.76 Å². The lowest BCUT2D eigenvalue weighted by Crippen LogP contribution is -2.52. The molecule has 0 bridgehead atoms. The number of nitrogens with zero attached hydrogens (tertiary/aromatic N) is 4. The summed E-state index contributed by atoms with van der Waals surface area (Å²) in [7, 11) is 0. The minimum absolute atomic E-state index is 0. The van der Waals surface area contributed by atoms with Crippen molar-refractivity contribution in [1.29, 1.82) is 0 Å². The average molecular weight is 503 g/mol. The summed E-state index contributed by atoms with van der Waals surface area (Å²) in [6.07, 6.45) is -4.25. The maximum absolute atomic E-state index is 12.2. The van der Waals surface area contributed by atoms with Gasteiger partial charge in [0, 0.05) is 58.3 Å². The van der Waals surface area contributed by atoms with Crippen molar-refractivity contribution in [3.05, 3.63) is 17.5 Å². The van der Waals surface area contributed by atoms with E-state index in [0.29, 0.717) is 13.0 Å². The molecule has 1 aromatic rings. The summed E-state index contributed by atoms with van der Waals surface area (Å²) < 4.78 is 41.6. The second-order valence-corrected chi connectivity index (χ2v) is 6.50. The highest BCUT2D eigenvalue weighted by molar-refractivity contribution is 14.0. The molecule has 1 aliphatic rings. The van der Waals surface area contributed by atoms with E-state index in [1.807, 2.05) is 19.9 Å². The third-order valence-corrected chi connectivity index (χ3v) is 4.20. The van der Waals surface area contributed by atoms with E-state index in [1.165, 1.54) is 0 Å². The Balaban J connectivity index is 0.00000364. The first-order valence-electron chi connectivity index (χ1n) is 9.12. The van der Waals surface area contributed by atoms with Crippen LogP contribution in [-0.4, -0.2) is 66.4 Å². The third-order valence-electron chi connectivity index (χ3n) is 4.20. The van der Waals surface area contributed by atoms with Crippen LogP contribution in [0.4, 0.5) is 13.2 Å². The molecule has 1 N–H and O–H groups in total. The molecule has 2 rings (SSSR count). The number of unbranched alkanes of at least 4 members (excludes halogenated alkanes) is 1. The minimum atomic E-state index is -4.08. The highest BCUT2D eigenvalue weighted by Gasteiger charge is 2.26. The molecular formula is C17H29F3IN5O. The van der Waals surface area contributed by atoms with Crippen molar-refractivity contribution in [2.45, 2.75) is 45.8 Å². The van der Waals surface area contributed by atoms with Crippen LogP contribution < -0.4 is 5.32 Å². The Kier molecular flexibility index (Phi) is 10.4. The summed E-state index contributed by atoms with van der Waals surface area (Å²) in [5.74, 6) is 1.60. The maximum atomic E-state index is 12.2. The van der Waals surface area contributed by atoms with E-state index < -0.39 is 12.6 Å². The monoisotopic (exact) mass is 503 g/mol. The van der Waals surface area contributed by atoms with Gasteiger partial charge in [-0.3, -0.25) is 9.89 Å². The number of piperazine rings is 1. The molecule has 0 radical (unpaired) electrons. The van der Waals surface area contributed by atoms with Crippen LogP contribution >= 0.6 is 24.0 Å². The van der Waals surface area contributed by atoms with Crippen molar-refractivity contribution in [3.63, 3.8) is 0 Å². The molecule has 156 valence electrons. The highest BCUT2D eigenvalue weighted by atomic mass is 127. The summed E-state index contributed by atoms with van der Waals surface area (Å²) in [4.78, 5) is 8.96. The molecule has 0 atom stereocenters. The molecule has 1 aromatic heterocycles. The van der Waals surface area contributed by atoms with Crippen molar-refractivity contribution >= 4 is 29.9 Å². The number of aliphatic imine (C=N–C) groups is 1. The summed E-state index contributed by atoms with van der Waals surface area (Å²) in [5, 5.41) is 7.26. The number of aromatic nitrogens is 1. The molecule has 1 aliphatic heterocycles. The number of hydrogen-bond acceptors (Lipinski definition) is 4. The Labute approximate surface area is 175 Å². The Morgan fingerprint density at radius 1 is 1.26 bits per heavy atom. The van der Waals surface area contributed by atoms with Gasteiger partial charge in [-0.2, -0.15) is 13.2 Å². The van der Waals surface area contributed by atoms with Gasteiger partial charge < -0.3 is 14.7 Å². The third kappa shape index (κ3) is 9.13. The van der Waals surface area contributed by atoms with Gasteiger partial charge in [-0.1, -0.05) is 5.16 Å². The normalized spacial score (nSPS) is 16.3. The summed E-state index contributed by atoms with van der Waals surface area (Å²) in [6.45, 7) is 9.18. The van der Waals surface area contributed by atoms with Crippen molar-refractivity contribution < 1.29 is 17.7 Å². The maximum Gasteiger partial charge on any atom is 0.389 e. The Bertz CT molecular complexity index is 571. The first-order chi connectivity index (χ1) is 12.4. The Morgan fingerprint density at radius 3 is 2.52 bits per heavy atom. The van der Waals surface area contributed by atoms with E-state index in [2.05, 4.69) is 25.3 Å². The lowest BCUT2D eigenvalue weighted by Gasteiger charge is -2.36. The molecule has 0 aliphatic carbocycles. The SMILES string of the molecule is CCNC(=NCCCCC(F)(F)F)N1CCN(Cc2cc(C)on2)CC1.I. The van der Waals surface area contributed by atoms with E-state index in [-0.39, 0.29) is 30.4 Å². The highest BCUT2D eigenvalue weighted by Crippen LogP contribution is 2.22. The number of nitrogens with one attached hydrogen (secondary N) is 1. The zero-order valence-electron chi connectivity index (χ0n) is 15.9. The molecule has 6 nitrogen and oxygen atoms in total. The van der Waals surface area contributed by atoms with Crippen molar-refractivity contribution in [2.75, 3.05) is 39.3 Å². The number of rotatable bonds is 7. The van der Waals surface area contributed by atoms with Crippen LogP contribution in [0, 0.1) is 6.92 Å². The van der Waals surface area contributed by atoms with Gasteiger partial charge in [-0.25, -0.2) is 0 Å². The largest absolute Gasteiger partial charge is 0.389 e. The molecule has 0 amide bonds. The fraction of sp³-hybridized carbons (Fsp3) is 0.765. The van der Waals surface area contributed by atoms with Crippen LogP contribution in [0.1, 0.15) is 37.6 Å². The summed E-state index contributed by atoms with van der Waals surface area (Å²) >= 11 is 0. The Hall–Kier alpha value is -1.04. The molecule has 0 saturated carbocycles. The number of halogens is 4. The van der Waals surface area contributed by atoms with E-state index >= 15 is 0 Å². The standard InChI is InChI=1S/C17H28F3N5O.HI/c1-3-21-16(22-7-5-4-6-17(18,19)20)25-10-8-24(9-11-25)13-15-12-14(2)26-23-15;/h12H,3-11,13H2,1-2H3,(H,21,22);1H. The molecule has 2 heterocycles. The Morgan fingerprint density at radius 2 is 1.96 bits per heavy atom. The van der Waals surface area contributed by atoms with Crippen LogP contribution in [0.25, 0.3) is 0 Å². The predicted octanol–water partition coefficient (Wildman–Crippen LogP) is 3.42. The number of alkyl halides is 3. The quantitative estimate of drug-likeness (QED) is 0.268. The molecule has 0 aromatic carbocycles. The zero-order chi connectivity index (χ0) is 19.0. The lowest BCUT2D eigenvalue weighted by molar-refractivity contribution is -0.135. The van der Waals surface area contributed by atoms with Gasteiger partial charge in [0.05, 0.1) is 5.69 Å². The first-order valence-corrected chi connectivity index (χ1v) is 9.12.